The zero-order valence-electron chi connectivity index (χ0n) is 13.6. The molecule has 2 nitrogen and oxygen atoms in total. The summed E-state index contributed by atoms with van der Waals surface area (Å²) in [4.78, 5) is 16.6. The normalized spacial score (nSPS) is 16.4. The molecule has 6 heteroatoms. The summed E-state index contributed by atoms with van der Waals surface area (Å²) in [5.74, 6) is 0.0244. The molecule has 2 heterocycles. The summed E-state index contributed by atoms with van der Waals surface area (Å²) in [6.45, 7) is 0.693. The molecule has 0 saturated heterocycles. The van der Waals surface area contributed by atoms with Crippen molar-refractivity contribution in [2.24, 2.45) is 0 Å². The smallest absolute Gasteiger partial charge is 0.254 e. The Morgan fingerprint density at radius 2 is 1.88 bits per heavy atom. The average Bonchev–Trinajstić information content (AvgIpc) is 3.12. The fourth-order valence-corrected chi connectivity index (χ4v) is 5.00. The summed E-state index contributed by atoms with van der Waals surface area (Å²) in [7, 11) is 0. The van der Waals surface area contributed by atoms with Crippen LogP contribution in [0.15, 0.2) is 53.9 Å². The lowest BCUT2D eigenvalue weighted by molar-refractivity contribution is 0.0696. The van der Waals surface area contributed by atoms with Crippen LogP contribution in [0.2, 0.25) is 10.0 Å². The third-order valence-corrected chi connectivity index (χ3v) is 7.37. The van der Waals surface area contributed by atoms with Crippen molar-refractivity contribution in [1.29, 1.82) is 0 Å². The monoisotopic (exact) mass is 513 g/mol. The Bertz CT molecular complexity index is 970. The van der Waals surface area contributed by atoms with E-state index in [1.807, 2.05) is 35.2 Å². The van der Waals surface area contributed by atoms with E-state index in [4.69, 9.17) is 23.2 Å². The molecule has 0 N–H and O–H groups in total. The predicted octanol–water partition coefficient (Wildman–Crippen LogP) is 6.45. The first-order valence-corrected chi connectivity index (χ1v) is 10.8. The molecule has 0 aliphatic carbocycles. The van der Waals surface area contributed by atoms with E-state index >= 15 is 0 Å². The van der Waals surface area contributed by atoms with Gasteiger partial charge in [-0.1, -0.05) is 35.3 Å². The van der Waals surface area contributed by atoms with Crippen LogP contribution in [0.5, 0.6) is 0 Å². The van der Waals surface area contributed by atoms with Gasteiger partial charge in [0.15, 0.2) is 0 Å². The number of amides is 1. The molecular formula is C20H14Cl2INOS. The minimum atomic E-state index is -0.0943. The van der Waals surface area contributed by atoms with E-state index in [0.29, 0.717) is 22.2 Å². The highest BCUT2D eigenvalue weighted by atomic mass is 127. The van der Waals surface area contributed by atoms with Crippen molar-refractivity contribution in [3.05, 3.63) is 89.1 Å². The zero-order chi connectivity index (χ0) is 18.3. The first kappa shape index (κ1) is 18.3. The SMILES string of the molecule is O=C(c1ccc(Cl)c(I)c1)N1CCc2sccc2C1c1ccc(Cl)cc1. The van der Waals surface area contributed by atoms with Gasteiger partial charge in [-0.15, -0.1) is 11.3 Å². The van der Waals surface area contributed by atoms with Crippen molar-refractivity contribution in [2.45, 2.75) is 12.5 Å². The number of nitrogens with zero attached hydrogens (tertiary/aromatic N) is 1. The summed E-state index contributed by atoms with van der Waals surface area (Å²) >= 11 is 16.1. The van der Waals surface area contributed by atoms with E-state index in [1.54, 1.807) is 23.5 Å². The second-order valence-corrected chi connectivity index (χ2v) is 9.14. The molecule has 1 unspecified atom stereocenters. The first-order chi connectivity index (χ1) is 12.5. The Labute approximate surface area is 179 Å². The van der Waals surface area contributed by atoms with Gasteiger partial charge in [-0.3, -0.25) is 4.79 Å². The van der Waals surface area contributed by atoms with Gasteiger partial charge < -0.3 is 4.90 Å². The van der Waals surface area contributed by atoms with E-state index in [0.717, 1.165) is 15.6 Å². The van der Waals surface area contributed by atoms with E-state index in [9.17, 15) is 4.79 Å². The van der Waals surface area contributed by atoms with Gasteiger partial charge in [0.25, 0.3) is 5.91 Å². The number of carbonyl (C=O) groups is 1. The minimum absolute atomic E-state index is 0.0244. The van der Waals surface area contributed by atoms with E-state index in [2.05, 4.69) is 34.0 Å². The van der Waals surface area contributed by atoms with Gasteiger partial charge in [0.05, 0.1) is 11.1 Å². The summed E-state index contributed by atoms with van der Waals surface area (Å²) in [6.07, 6.45) is 0.882. The Morgan fingerprint density at radius 1 is 1.12 bits per heavy atom. The van der Waals surface area contributed by atoms with E-state index in [1.165, 1.54) is 10.4 Å². The summed E-state index contributed by atoms with van der Waals surface area (Å²) in [6, 6.07) is 15.2. The van der Waals surface area contributed by atoms with Crippen LogP contribution in [0, 0.1) is 3.57 Å². The van der Waals surface area contributed by atoms with Crippen LogP contribution >= 0.6 is 57.1 Å². The van der Waals surface area contributed by atoms with Gasteiger partial charge >= 0.3 is 0 Å². The zero-order valence-corrected chi connectivity index (χ0v) is 18.1. The fraction of sp³-hybridized carbons (Fsp3) is 0.150. The van der Waals surface area contributed by atoms with E-state index < -0.39 is 0 Å². The molecule has 0 fully saturated rings. The Balaban J connectivity index is 1.77. The molecule has 0 saturated carbocycles. The number of hydrogen-bond acceptors (Lipinski definition) is 2. The van der Waals surface area contributed by atoms with Crippen LogP contribution in [0.25, 0.3) is 0 Å². The number of fused-ring (bicyclic) bond motifs is 1. The number of hydrogen-bond donors (Lipinski definition) is 0. The second-order valence-electron chi connectivity index (χ2n) is 6.13. The maximum atomic E-state index is 13.3. The van der Waals surface area contributed by atoms with Crippen LogP contribution in [0.4, 0.5) is 0 Å². The molecule has 4 rings (SSSR count). The lowest BCUT2D eigenvalue weighted by atomic mass is 9.92. The molecule has 1 aromatic heterocycles. The van der Waals surface area contributed by atoms with E-state index in [-0.39, 0.29) is 11.9 Å². The van der Waals surface area contributed by atoms with Gasteiger partial charge in [0, 0.05) is 25.6 Å². The molecule has 0 radical (unpaired) electrons. The topological polar surface area (TPSA) is 20.3 Å². The van der Waals surface area contributed by atoms with Crippen molar-refractivity contribution >= 4 is 63.0 Å². The molecule has 1 aliphatic rings. The quantitative estimate of drug-likeness (QED) is 0.361. The van der Waals surface area contributed by atoms with Crippen molar-refractivity contribution in [3.63, 3.8) is 0 Å². The van der Waals surface area contributed by atoms with Crippen LogP contribution in [-0.4, -0.2) is 17.4 Å². The van der Waals surface area contributed by atoms with Gasteiger partial charge in [0.2, 0.25) is 0 Å². The second kappa shape index (κ2) is 7.50. The van der Waals surface area contributed by atoms with Gasteiger partial charge in [-0.25, -0.2) is 0 Å². The van der Waals surface area contributed by atoms with Gasteiger partial charge in [0.1, 0.15) is 0 Å². The highest BCUT2D eigenvalue weighted by Gasteiger charge is 2.33. The van der Waals surface area contributed by atoms with Gasteiger partial charge in [-0.05, 0) is 81.9 Å². The van der Waals surface area contributed by atoms with Crippen molar-refractivity contribution in [1.82, 2.24) is 4.90 Å². The Hall–Kier alpha value is -1.08. The lowest BCUT2D eigenvalue weighted by Gasteiger charge is -2.36. The Kier molecular flexibility index (Phi) is 5.28. The highest BCUT2D eigenvalue weighted by Crippen LogP contribution is 2.39. The number of carbonyl (C=O) groups excluding carboxylic acids is 1. The molecule has 0 bridgehead atoms. The molecule has 1 aliphatic heterocycles. The van der Waals surface area contributed by atoms with Crippen molar-refractivity contribution in [3.8, 4) is 0 Å². The standard InChI is InChI=1S/C20H14Cl2INOS/c21-14-4-1-12(2-5-14)19-15-8-10-26-18(15)7-9-24(19)20(25)13-3-6-16(22)17(23)11-13/h1-6,8,10-11,19H,7,9H2. The third-order valence-electron chi connectivity index (χ3n) is 4.58. The summed E-state index contributed by atoms with van der Waals surface area (Å²) < 4.78 is 0.881. The maximum absolute atomic E-state index is 13.3. The number of rotatable bonds is 2. The number of benzene rings is 2. The molecule has 26 heavy (non-hydrogen) atoms. The predicted molar refractivity (Wildman–Crippen MR) is 117 cm³/mol. The van der Waals surface area contributed by atoms with Crippen LogP contribution < -0.4 is 0 Å². The molecule has 132 valence electrons. The van der Waals surface area contributed by atoms with Crippen molar-refractivity contribution in [2.75, 3.05) is 6.54 Å². The molecule has 2 aromatic carbocycles. The molecule has 0 spiro atoms. The highest BCUT2D eigenvalue weighted by molar-refractivity contribution is 14.1. The molecular weight excluding hydrogens is 500 g/mol. The largest absolute Gasteiger partial charge is 0.327 e. The van der Waals surface area contributed by atoms with Crippen molar-refractivity contribution < 1.29 is 4.79 Å². The molecule has 1 atom stereocenters. The van der Waals surface area contributed by atoms with Crippen LogP contribution in [-0.2, 0) is 6.42 Å². The fourth-order valence-electron chi connectivity index (χ4n) is 3.33. The van der Waals surface area contributed by atoms with Crippen LogP contribution in [0.1, 0.15) is 32.4 Å². The maximum Gasteiger partial charge on any atom is 0.254 e. The van der Waals surface area contributed by atoms with Crippen LogP contribution in [0.3, 0.4) is 0 Å². The number of halogens is 3. The summed E-state index contributed by atoms with van der Waals surface area (Å²) in [5, 5.41) is 3.46. The minimum Gasteiger partial charge on any atom is -0.327 e. The molecule has 3 aromatic rings. The number of thiophene rings is 1. The lowest BCUT2D eigenvalue weighted by Crippen LogP contribution is -2.40. The summed E-state index contributed by atoms with van der Waals surface area (Å²) in [5.41, 5.74) is 2.95. The first-order valence-electron chi connectivity index (χ1n) is 8.12. The van der Waals surface area contributed by atoms with Gasteiger partial charge in [-0.2, -0.15) is 0 Å². The average molecular weight is 514 g/mol. The molecule has 1 amide bonds. The third kappa shape index (κ3) is 3.40. The Morgan fingerprint density at radius 3 is 2.62 bits per heavy atom.